The zero-order valence-corrected chi connectivity index (χ0v) is 10.1. The third-order valence-electron chi connectivity index (χ3n) is 4.66. The van der Waals surface area contributed by atoms with E-state index in [9.17, 15) is 4.79 Å². The van der Waals surface area contributed by atoms with Crippen LogP contribution in [-0.4, -0.2) is 10.1 Å². The van der Waals surface area contributed by atoms with Crippen LogP contribution in [0, 0.1) is 10.8 Å². The molecule has 2 saturated carbocycles. The first kappa shape index (κ1) is 10.2. The largest absolute Gasteiger partial charge is 0.295 e. The molecule has 82 valence electrons. The number of rotatable bonds is 0. The van der Waals surface area contributed by atoms with Gasteiger partial charge in [0.15, 0.2) is 5.78 Å². The molecule has 3 heteroatoms. The first-order chi connectivity index (χ1) is 7.06. The lowest BCUT2D eigenvalue weighted by molar-refractivity contribution is -0.116. The number of hydrogen-bond donors (Lipinski definition) is 0. The summed E-state index contributed by atoms with van der Waals surface area (Å²) in [7, 11) is 0. The van der Waals surface area contributed by atoms with Crippen molar-refractivity contribution >= 4 is 29.0 Å². The first-order valence-electron chi connectivity index (χ1n) is 5.66. The molecule has 3 rings (SSSR count). The maximum atomic E-state index is 11.5. The minimum Gasteiger partial charge on any atom is -0.295 e. The quantitative estimate of drug-likeness (QED) is 0.595. The number of carbonyl (C=O) groups excluding carboxylic acids is 1. The fourth-order valence-electron chi connectivity index (χ4n) is 3.78. The van der Waals surface area contributed by atoms with E-state index in [2.05, 4.69) is 0 Å². The minimum atomic E-state index is -0.691. The molecule has 3 aliphatic carbocycles. The van der Waals surface area contributed by atoms with Crippen LogP contribution in [0.2, 0.25) is 0 Å². The summed E-state index contributed by atoms with van der Waals surface area (Å²) in [6.07, 6.45) is 9.89. The van der Waals surface area contributed by atoms with Crippen molar-refractivity contribution in [2.75, 3.05) is 0 Å². The standard InChI is InChI=1S/C12H14Cl2O/c13-12(14)10-5-2-1-3-6-11(10,12)8-9(15)4-7-10/h4,7H,1-3,5-6,8H2. The molecule has 0 aromatic carbocycles. The van der Waals surface area contributed by atoms with Gasteiger partial charge in [0.1, 0.15) is 4.33 Å². The number of hydrogen-bond acceptors (Lipinski definition) is 1. The van der Waals surface area contributed by atoms with Crippen LogP contribution in [0.15, 0.2) is 12.2 Å². The molecule has 1 nitrogen and oxygen atoms in total. The number of alkyl halides is 2. The summed E-state index contributed by atoms with van der Waals surface area (Å²) < 4.78 is -0.691. The van der Waals surface area contributed by atoms with E-state index in [-0.39, 0.29) is 16.6 Å². The summed E-state index contributed by atoms with van der Waals surface area (Å²) in [5.74, 6) is 0.190. The lowest BCUT2D eigenvalue weighted by Crippen LogP contribution is -2.19. The Hall–Kier alpha value is -0.0100. The summed E-state index contributed by atoms with van der Waals surface area (Å²) in [6.45, 7) is 0. The molecule has 0 bridgehead atoms. The Labute approximate surface area is 99.8 Å². The van der Waals surface area contributed by atoms with E-state index in [1.165, 1.54) is 12.8 Å². The van der Waals surface area contributed by atoms with E-state index in [4.69, 9.17) is 23.2 Å². The van der Waals surface area contributed by atoms with E-state index in [1.54, 1.807) is 6.08 Å². The Morgan fingerprint density at radius 1 is 1.13 bits per heavy atom. The minimum absolute atomic E-state index is 0.0898. The maximum absolute atomic E-state index is 11.5. The van der Waals surface area contributed by atoms with Gasteiger partial charge in [-0.05, 0) is 18.9 Å². The van der Waals surface area contributed by atoms with Gasteiger partial charge in [-0.15, -0.1) is 0 Å². The highest BCUT2D eigenvalue weighted by Gasteiger charge is 2.85. The predicted octanol–water partition coefficient (Wildman–Crippen LogP) is 3.64. The highest BCUT2D eigenvalue weighted by molar-refractivity contribution is 6.53. The first-order valence-corrected chi connectivity index (χ1v) is 6.41. The molecule has 2 unspecified atom stereocenters. The number of halogens is 2. The third kappa shape index (κ3) is 0.951. The van der Waals surface area contributed by atoms with Crippen LogP contribution < -0.4 is 0 Å². The predicted molar refractivity (Wildman–Crippen MR) is 61.2 cm³/mol. The molecule has 3 aliphatic rings. The van der Waals surface area contributed by atoms with Crippen LogP contribution in [0.3, 0.4) is 0 Å². The molecule has 2 fully saturated rings. The van der Waals surface area contributed by atoms with Crippen LogP contribution in [-0.2, 0) is 4.79 Å². The van der Waals surface area contributed by atoms with Gasteiger partial charge in [-0.1, -0.05) is 48.5 Å². The van der Waals surface area contributed by atoms with Gasteiger partial charge >= 0.3 is 0 Å². The summed E-state index contributed by atoms with van der Waals surface area (Å²) in [5, 5.41) is 0. The average molecular weight is 245 g/mol. The molecule has 0 aromatic rings. The van der Waals surface area contributed by atoms with Gasteiger partial charge in [0, 0.05) is 17.3 Å². The summed E-state index contributed by atoms with van der Waals surface area (Å²) >= 11 is 12.9. The van der Waals surface area contributed by atoms with Crippen LogP contribution in [0.5, 0.6) is 0 Å². The Bertz CT molecular complexity index is 361. The van der Waals surface area contributed by atoms with Crippen molar-refractivity contribution in [2.45, 2.75) is 42.9 Å². The zero-order chi connectivity index (χ0) is 10.7. The molecule has 0 amide bonds. The van der Waals surface area contributed by atoms with Gasteiger partial charge in [-0.2, -0.15) is 0 Å². The molecule has 0 saturated heterocycles. The van der Waals surface area contributed by atoms with Gasteiger partial charge < -0.3 is 0 Å². The van der Waals surface area contributed by atoms with E-state index in [1.807, 2.05) is 6.08 Å². The van der Waals surface area contributed by atoms with Crippen molar-refractivity contribution in [3.05, 3.63) is 12.2 Å². The monoisotopic (exact) mass is 244 g/mol. The lowest BCUT2D eigenvalue weighted by Gasteiger charge is -2.21. The fourth-order valence-corrected chi connectivity index (χ4v) is 5.02. The Morgan fingerprint density at radius 2 is 1.87 bits per heavy atom. The van der Waals surface area contributed by atoms with Gasteiger partial charge in [0.25, 0.3) is 0 Å². The Morgan fingerprint density at radius 3 is 2.67 bits per heavy atom. The van der Waals surface area contributed by atoms with Gasteiger partial charge in [0.05, 0.1) is 0 Å². The van der Waals surface area contributed by atoms with Gasteiger partial charge in [-0.25, -0.2) is 0 Å². The molecule has 0 heterocycles. The average Bonchev–Trinajstić information content (AvgIpc) is 2.69. The summed E-state index contributed by atoms with van der Waals surface area (Å²) in [4.78, 5) is 11.5. The third-order valence-corrected chi connectivity index (χ3v) is 6.06. The molecule has 0 N–H and O–H groups in total. The SMILES string of the molecule is O=C1C=CC23CCCCCC2(C1)C3(Cl)Cl. The second-order valence-corrected chi connectivity index (χ2v) is 6.49. The van der Waals surface area contributed by atoms with Crippen molar-refractivity contribution < 1.29 is 4.79 Å². The molecule has 15 heavy (non-hydrogen) atoms. The molecule has 0 aliphatic heterocycles. The van der Waals surface area contributed by atoms with Crippen LogP contribution in [0.4, 0.5) is 0 Å². The fraction of sp³-hybridized carbons (Fsp3) is 0.750. The molecule has 0 spiro atoms. The smallest absolute Gasteiger partial charge is 0.156 e. The summed E-state index contributed by atoms with van der Waals surface area (Å²) in [5.41, 5.74) is -0.223. The lowest BCUT2D eigenvalue weighted by atomic mass is 9.80. The molecule has 0 radical (unpaired) electrons. The van der Waals surface area contributed by atoms with Crippen molar-refractivity contribution in [3.63, 3.8) is 0 Å². The second kappa shape index (κ2) is 2.81. The van der Waals surface area contributed by atoms with Crippen LogP contribution in [0.25, 0.3) is 0 Å². The Kier molecular flexibility index (Phi) is 1.90. The van der Waals surface area contributed by atoms with E-state index < -0.39 is 4.33 Å². The molecule has 2 atom stereocenters. The topological polar surface area (TPSA) is 17.1 Å². The normalized spacial score (nSPS) is 46.7. The van der Waals surface area contributed by atoms with E-state index in [0.717, 1.165) is 19.3 Å². The zero-order valence-electron chi connectivity index (χ0n) is 8.56. The van der Waals surface area contributed by atoms with E-state index in [0.29, 0.717) is 6.42 Å². The summed E-state index contributed by atoms with van der Waals surface area (Å²) in [6, 6.07) is 0. The molecular weight excluding hydrogens is 231 g/mol. The van der Waals surface area contributed by atoms with Crippen molar-refractivity contribution in [2.24, 2.45) is 10.8 Å². The highest BCUT2D eigenvalue weighted by atomic mass is 35.5. The number of carbonyl (C=O) groups is 1. The Balaban J connectivity index is 2.09. The highest BCUT2D eigenvalue weighted by Crippen LogP contribution is 2.85. The van der Waals surface area contributed by atoms with Gasteiger partial charge in [0.2, 0.25) is 0 Å². The van der Waals surface area contributed by atoms with Crippen LogP contribution >= 0.6 is 23.2 Å². The van der Waals surface area contributed by atoms with Crippen molar-refractivity contribution in [1.82, 2.24) is 0 Å². The number of allylic oxidation sites excluding steroid dienone is 2. The molecular formula is C12H14Cl2O. The maximum Gasteiger partial charge on any atom is 0.156 e. The molecule has 0 aromatic heterocycles. The second-order valence-electron chi connectivity index (χ2n) is 5.16. The van der Waals surface area contributed by atoms with Crippen LogP contribution in [0.1, 0.15) is 38.5 Å². The number of ketones is 1. The van der Waals surface area contributed by atoms with Crippen molar-refractivity contribution in [3.8, 4) is 0 Å². The van der Waals surface area contributed by atoms with E-state index >= 15 is 0 Å². The van der Waals surface area contributed by atoms with Gasteiger partial charge in [-0.3, -0.25) is 4.79 Å². The van der Waals surface area contributed by atoms with Crippen molar-refractivity contribution in [1.29, 1.82) is 0 Å².